The molecule has 0 fully saturated rings. The molecule has 0 aromatic heterocycles. The molecule has 3 heteroatoms. The van der Waals surface area contributed by atoms with E-state index in [9.17, 15) is 4.79 Å². The van der Waals surface area contributed by atoms with Gasteiger partial charge in [0.1, 0.15) is 11.9 Å². The van der Waals surface area contributed by atoms with E-state index in [1.54, 1.807) is 0 Å². The highest BCUT2D eigenvalue weighted by molar-refractivity contribution is 9.10. The van der Waals surface area contributed by atoms with E-state index >= 15 is 0 Å². The molecule has 3 rings (SSSR count). The minimum Gasteiger partial charge on any atom is -0.484 e. The smallest absolute Gasteiger partial charge is 0.170 e. The molecule has 0 spiro atoms. The van der Waals surface area contributed by atoms with E-state index in [1.165, 1.54) is 0 Å². The van der Waals surface area contributed by atoms with Crippen molar-refractivity contribution in [2.24, 2.45) is 0 Å². The van der Waals surface area contributed by atoms with E-state index in [-0.39, 0.29) is 11.9 Å². The van der Waals surface area contributed by atoms with Gasteiger partial charge >= 0.3 is 0 Å². The highest BCUT2D eigenvalue weighted by Crippen LogP contribution is 2.34. The number of para-hydroxylation sites is 1. The van der Waals surface area contributed by atoms with Gasteiger partial charge in [0.2, 0.25) is 0 Å². The molecule has 1 aliphatic heterocycles. The highest BCUT2D eigenvalue weighted by Gasteiger charge is 2.26. The largest absolute Gasteiger partial charge is 0.484 e. The fourth-order valence-electron chi connectivity index (χ4n) is 2.14. The first-order valence-electron chi connectivity index (χ1n) is 5.78. The van der Waals surface area contributed by atoms with Gasteiger partial charge in [-0.15, -0.1) is 0 Å². The van der Waals surface area contributed by atoms with Gasteiger partial charge in [-0.2, -0.15) is 0 Å². The molecule has 0 unspecified atom stereocenters. The summed E-state index contributed by atoms with van der Waals surface area (Å²) in [6.07, 6.45) is 0.221. The molecule has 2 aromatic carbocycles. The van der Waals surface area contributed by atoms with Gasteiger partial charge in [-0.3, -0.25) is 4.79 Å². The second-order valence-electron chi connectivity index (χ2n) is 4.28. The third-order valence-electron chi connectivity index (χ3n) is 3.07. The maximum Gasteiger partial charge on any atom is 0.170 e. The third kappa shape index (κ3) is 2.06. The Balaban J connectivity index is 1.94. The minimum absolute atomic E-state index is 0.143. The van der Waals surface area contributed by atoms with Crippen LogP contribution in [0.4, 0.5) is 0 Å². The Hall–Kier alpha value is -1.61. The standard InChI is InChI=1S/C15H11BrO2/c16-11-7-5-10(6-8-11)15-9-13(17)12-3-1-2-4-14(12)18-15/h1-8,15H,9H2/t15-/m1/s1. The molecule has 18 heavy (non-hydrogen) atoms. The Bertz CT molecular complexity index is 590. The molecule has 0 amide bonds. The average Bonchev–Trinajstić information content (AvgIpc) is 2.39. The van der Waals surface area contributed by atoms with E-state index in [4.69, 9.17) is 4.74 Å². The zero-order valence-corrected chi connectivity index (χ0v) is 11.2. The Labute approximate surface area is 114 Å². The summed E-state index contributed by atoms with van der Waals surface area (Å²) in [7, 11) is 0. The molecular formula is C15H11BrO2. The summed E-state index contributed by atoms with van der Waals surface area (Å²) in [6.45, 7) is 0. The SMILES string of the molecule is O=C1C[C@H](c2ccc(Br)cc2)Oc2ccccc21. The number of ether oxygens (including phenoxy) is 1. The number of halogens is 1. The van der Waals surface area contributed by atoms with E-state index in [0.29, 0.717) is 17.7 Å². The van der Waals surface area contributed by atoms with Crippen molar-refractivity contribution in [1.29, 1.82) is 0 Å². The van der Waals surface area contributed by atoms with Crippen LogP contribution < -0.4 is 4.74 Å². The molecule has 0 N–H and O–H groups in total. The fourth-order valence-corrected chi connectivity index (χ4v) is 2.40. The molecule has 0 aliphatic carbocycles. The first-order valence-corrected chi connectivity index (χ1v) is 6.58. The van der Waals surface area contributed by atoms with Crippen LogP contribution in [0.25, 0.3) is 0 Å². The second-order valence-corrected chi connectivity index (χ2v) is 5.20. The van der Waals surface area contributed by atoms with Crippen molar-refractivity contribution in [1.82, 2.24) is 0 Å². The van der Waals surface area contributed by atoms with Gasteiger partial charge < -0.3 is 4.74 Å². The number of Topliss-reactive ketones (excluding diaryl/α,β-unsaturated/α-hetero) is 1. The van der Waals surface area contributed by atoms with E-state index in [0.717, 1.165) is 10.0 Å². The Morgan fingerprint density at radius 1 is 1.06 bits per heavy atom. The van der Waals surface area contributed by atoms with Crippen LogP contribution in [0.2, 0.25) is 0 Å². The molecule has 1 atom stereocenters. The zero-order chi connectivity index (χ0) is 12.5. The summed E-state index contributed by atoms with van der Waals surface area (Å²) < 4.78 is 6.91. The van der Waals surface area contributed by atoms with Crippen molar-refractivity contribution in [2.45, 2.75) is 12.5 Å². The van der Waals surface area contributed by atoms with Crippen LogP contribution in [0.5, 0.6) is 5.75 Å². The monoisotopic (exact) mass is 302 g/mol. The van der Waals surface area contributed by atoms with Crippen LogP contribution >= 0.6 is 15.9 Å². The molecule has 1 heterocycles. The maximum absolute atomic E-state index is 12.0. The van der Waals surface area contributed by atoms with Gasteiger partial charge in [-0.05, 0) is 29.8 Å². The van der Waals surface area contributed by atoms with Crippen molar-refractivity contribution in [3.8, 4) is 5.75 Å². The predicted molar refractivity (Wildman–Crippen MR) is 72.9 cm³/mol. The lowest BCUT2D eigenvalue weighted by atomic mass is 9.96. The second kappa shape index (κ2) is 4.58. The average molecular weight is 303 g/mol. The molecule has 1 aliphatic rings. The Morgan fingerprint density at radius 2 is 1.78 bits per heavy atom. The van der Waals surface area contributed by atoms with Crippen molar-refractivity contribution in [3.63, 3.8) is 0 Å². The highest BCUT2D eigenvalue weighted by atomic mass is 79.9. The van der Waals surface area contributed by atoms with Gasteiger partial charge in [0.05, 0.1) is 12.0 Å². The van der Waals surface area contributed by atoms with Crippen molar-refractivity contribution >= 4 is 21.7 Å². The number of hydrogen-bond acceptors (Lipinski definition) is 2. The minimum atomic E-state index is -0.180. The topological polar surface area (TPSA) is 26.3 Å². The lowest BCUT2D eigenvalue weighted by molar-refractivity contribution is 0.0850. The molecular weight excluding hydrogens is 292 g/mol. The summed E-state index contributed by atoms with van der Waals surface area (Å²) >= 11 is 3.40. The van der Waals surface area contributed by atoms with Crippen molar-refractivity contribution < 1.29 is 9.53 Å². The number of hydrogen-bond donors (Lipinski definition) is 0. The number of rotatable bonds is 1. The van der Waals surface area contributed by atoms with Gasteiger partial charge in [-0.25, -0.2) is 0 Å². The number of fused-ring (bicyclic) bond motifs is 1. The lowest BCUT2D eigenvalue weighted by Gasteiger charge is -2.25. The van der Waals surface area contributed by atoms with Crippen LogP contribution in [0, 0.1) is 0 Å². The molecule has 0 bridgehead atoms. The molecule has 90 valence electrons. The molecule has 2 nitrogen and oxygen atoms in total. The zero-order valence-electron chi connectivity index (χ0n) is 9.60. The predicted octanol–water partition coefficient (Wildman–Crippen LogP) is 4.16. The molecule has 0 radical (unpaired) electrons. The normalized spacial score (nSPS) is 18.1. The fraction of sp³-hybridized carbons (Fsp3) is 0.133. The van der Waals surface area contributed by atoms with Gasteiger partial charge in [-0.1, -0.05) is 40.2 Å². The summed E-state index contributed by atoms with van der Waals surface area (Å²) in [5, 5.41) is 0. The van der Waals surface area contributed by atoms with Crippen LogP contribution in [-0.4, -0.2) is 5.78 Å². The number of benzene rings is 2. The quantitative estimate of drug-likeness (QED) is 0.791. The molecule has 0 saturated heterocycles. The summed E-state index contributed by atoms with van der Waals surface area (Å²) in [5.74, 6) is 0.825. The van der Waals surface area contributed by atoms with E-state index < -0.39 is 0 Å². The van der Waals surface area contributed by atoms with Gasteiger partial charge in [0.25, 0.3) is 0 Å². The lowest BCUT2D eigenvalue weighted by Crippen LogP contribution is -2.20. The van der Waals surface area contributed by atoms with Crippen LogP contribution in [0.3, 0.4) is 0 Å². The molecule has 0 saturated carbocycles. The number of carbonyl (C=O) groups excluding carboxylic acids is 1. The van der Waals surface area contributed by atoms with Gasteiger partial charge in [0, 0.05) is 4.47 Å². The van der Waals surface area contributed by atoms with Crippen LogP contribution in [0.1, 0.15) is 28.4 Å². The molecule has 2 aromatic rings. The van der Waals surface area contributed by atoms with E-state index in [2.05, 4.69) is 15.9 Å². The van der Waals surface area contributed by atoms with Crippen LogP contribution in [0.15, 0.2) is 53.0 Å². The van der Waals surface area contributed by atoms with Crippen molar-refractivity contribution in [2.75, 3.05) is 0 Å². The van der Waals surface area contributed by atoms with E-state index in [1.807, 2.05) is 48.5 Å². The van der Waals surface area contributed by atoms with Gasteiger partial charge in [0.15, 0.2) is 5.78 Å². The summed E-state index contributed by atoms with van der Waals surface area (Å²) in [6, 6.07) is 15.3. The summed E-state index contributed by atoms with van der Waals surface area (Å²) in [4.78, 5) is 12.0. The first-order chi connectivity index (χ1) is 8.74. The first kappa shape index (κ1) is 11.5. The number of carbonyl (C=O) groups is 1. The maximum atomic E-state index is 12.0. The Morgan fingerprint density at radius 3 is 2.56 bits per heavy atom. The van der Waals surface area contributed by atoms with Crippen molar-refractivity contribution in [3.05, 3.63) is 64.1 Å². The third-order valence-corrected chi connectivity index (χ3v) is 3.60. The number of ketones is 1. The Kier molecular flexibility index (Phi) is 2.92. The summed E-state index contributed by atoms with van der Waals surface area (Å²) in [5.41, 5.74) is 1.71. The van der Waals surface area contributed by atoms with Crippen LogP contribution in [-0.2, 0) is 0 Å².